The predicted molar refractivity (Wildman–Crippen MR) is 64.2 cm³/mol. The molecule has 1 N–H and O–H groups in total. The highest BCUT2D eigenvalue weighted by molar-refractivity contribution is 9.09. The van der Waals surface area contributed by atoms with Gasteiger partial charge in [-0.25, -0.2) is 0 Å². The summed E-state index contributed by atoms with van der Waals surface area (Å²) in [5.41, 5.74) is 0. The van der Waals surface area contributed by atoms with Crippen molar-refractivity contribution in [2.45, 2.75) is 50.0 Å². The maximum absolute atomic E-state index is 11.6. The zero-order chi connectivity index (χ0) is 11.1. The number of amides is 1. The summed E-state index contributed by atoms with van der Waals surface area (Å²) in [6.07, 6.45) is 4.99. The van der Waals surface area contributed by atoms with E-state index in [1.54, 1.807) is 0 Å². The molecule has 0 aromatic carbocycles. The smallest absolute Gasteiger partial charge is 0.249 e. The highest BCUT2D eigenvalue weighted by Crippen LogP contribution is 2.12. The minimum Gasteiger partial charge on any atom is -0.368 e. The first-order valence-corrected chi connectivity index (χ1v) is 6.65. The van der Waals surface area contributed by atoms with Gasteiger partial charge in [-0.05, 0) is 32.1 Å². The Kier molecular flexibility index (Phi) is 6.25. The largest absolute Gasteiger partial charge is 0.368 e. The molecule has 15 heavy (non-hydrogen) atoms. The third-order valence-electron chi connectivity index (χ3n) is 2.55. The van der Waals surface area contributed by atoms with E-state index < -0.39 is 0 Å². The Bertz CT molecular complexity index is 191. The van der Waals surface area contributed by atoms with Crippen LogP contribution in [-0.4, -0.2) is 30.0 Å². The number of rotatable bonds is 5. The van der Waals surface area contributed by atoms with Crippen molar-refractivity contribution in [1.82, 2.24) is 5.32 Å². The summed E-state index contributed by atoms with van der Waals surface area (Å²) in [6.45, 7) is 3.61. The number of nitrogens with one attached hydrogen (secondary N) is 1. The first-order valence-electron chi connectivity index (χ1n) is 5.73. The zero-order valence-electron chi connectivity index (χ0n) is 9.30. The van der Waals surface area contributed by atoms with E-state index in [4.69, 9.17) is 4.74 Å². The van der Waals surface area contributed by atoms with Crippen LogP contribution in [0.4, 0.5) is 0 Å². The van der Waals surface area contributed by atoms with E-state index in [1.165, 1.54) is 0 Å². The molecule has 1 aliphatic heterocycles. The second-order valence-corrected chi connectivity index (χ2v) is 5.63. The van der Waals surface area contributed by atoms with Crippen molar-refractivity contribution >= 4 is 21.8 Å². The fourth-order valence-corrected chi connectivity index (χ4v) is 1.98. The Morgan fingerprint density at radius 3 is 3.00 bits per heavy atom. The highest BCUT2D eigenvalue weighted by atomic mass is 79.9. The molecule has 1 heterocycles. The average molecular weight is 278 g/mol. The fourth-order valence-electron chi connectivity index (χ4n) is 1.66. The van der Waals surface area contributed by atoms with Crippen LogP contribution in [0.25, 0.3) is 0 Å². The van der Waals surface area contributed by atoms with Crippen LogP contribution >= 0.6 is 15.9 Å². The van der Waals surface area contributed by atoms with Crippen LogP contribution in [-0.2, 0) is 9.53 Å². The monoisotopic (exact) mass is 277 g/mol. The van der Waals surface area contributed by atoms with Crippen molar-refractivity contribution in [3.8, 4) is 0 Å². The highest BCUT2D eigenvalue weighted by Gasteiger charge is 2.20. The van der Waals surface area contributed by atoms with E-state index in [-0.39, 0.29) is 12.0 Å². The molecule has 1 rings (SSSR count). The van der Waals surface area contributed by atoms with Gasteiger partial charge < -0.3 is 10.1 Å². The third kappa shape index (κ3) is 5.52. The summed E-state index contributed by atoms with van der Waals surface area (Å²) < 4.78 is 5.40. The molecule has 2 unspecified atom stereocenters. The molecule has 2 atom stereocenters. The second kappa shape index (κ2) is 7.23. The normalized spacial score (nSPS) is 23.5. The van der Waals surface area contributed by atoms with Crippen LogP contribution in [0.3, 0.4) is 0 Å². The lowest BCUT2D eigenvalue weighted by atomic mass is 10.1. The van der Waals surface area contributed by atoms with Crippen LogP contribution in [0, 0.1) is 0 Å². The molecular formula is C11H20BrNO2. The van der Waals surface area contributed by atoms with Crippen molar-refractivity contribution in [2.75, 3.05) is 13.2 Å². The topological polar surface area (TPSA) is 38.3 Å². The molecule has 0 aliphatic carbocycles. The van der Waals surface area contributed by atoms with Crippen LogP contribution in [0.1, 0.15) is 39.0 Å². The minimum absolute atomic E-state index is 0.0666. The molecule has 0 saturated carbocycles. The van der Waals surface area contributed by atoms with Gasteiger partial charge in [0.2, 0.25) is 5.91 Å². The van der Waals surface area contributed by atoms with Crippen LogP contribution in [0.2, 0.25) is 0 Å². The van der Waals surface area contributed by atoms with E-state index in [2.05, 4.69) is 28.2 Å². The molecule has 0 bridgehead atoms. The maximum Gasteiger partial charge on any atom is 0.249 e. The summed E-state index contributed by atoms with van der Waals surface area (Å²) in [7, 11) is 0. The molecule has 4 heteroatoms. The summed E-state index contributed by atoms with van der Waals surface area (Å²) in [6, 6.07) is 0. The van der Waals surface area contributed by atoms with Gasteiger partial charge in [-0.15, -0.1) is 0 Å². The Balaban J connectivity index is 2.07. The predicted octanol–water partition coefficient (Wildman–Crippen LogP) is 2.24. The minimum atomic E-state index is -0.194. The SMILES string of the molecule is CC(Br)CCCNC(=O)C1CCCCO1. The first-order chi connectivity index (χ1) is 7.20. The van der Waals surface area contributed by atoms with Gasteiger partial charge in [-0.2, -0.15) is 0 Å². The molecule has 0 aromatic rings. The number of ether oxygens (including phenoxy) is 1. The number of hydrogen-bond acceptors (Lipinski definition) is 2. The van der Waals surface area contributed by atoms with Crippen LogP contribution in [0.5, 0.6) is 0 Å². The molecule has 0 aromatic heterocycles. The fraction of sp³-hybridized carbons (Fsp3) is 0.909. The summed E-state index contributed by atoms with van der Waals surface area (Å²) in [4.78, 5) is 12.1. The molecule has 3 nitrogen and oxygen atoms in total. The quantitative estimate of drug-likeness (QED) is 0.618. The van der Waals surface area contributed by atoms with Crippen molar-refractivity contribution in [1.29, 1.82) is 0 Å². The summed E-state index contributed by atoms with van der Waals surface area (Å²) in [5, 5.41) is 2.92. The van der Waals surface area contributed by atoms with Gasteiger partial charge in [0, 0.05) is 18.0 Å². The van der Waals surface area contributed by atoms with E-state index in [1.807, 2.05) is 0 Å². The number of carbonyl (C=O) groups is 1. The molecule has 1 fully saturated rings. The van der Waals surface area contributed by atoms with E-state index in [0.717, 1.165) is 45.3 Å². The number of carbonyl (C=O) groups excluding carboxylic acids is 1. The molecule has 1 aliphatic rings. The van der Waals surface area contributed by atoms with E-state index in [0.29, 0.717) is 4.83 Å². The van der Waals surface area contributed by atoms with Crippen molar-refractivity contribution in [2.24, 2.45) is 0 Å². The molecule has 0 spiro atoms. The summed E-state index contributed by atoms with van der Waals surface area (Å²) in [5.74, 6) is 0.0666. The second-order valence-electron chi connectivity index (χ2n) is 4.07. The van der Waals surface area contributed by atoms with Gasteiger partial charge in [-0.3, -0.25) is 4.79 Å². The van der Waals surface area contributed by atoms with Crippen LogP contribution in [0.15, 0.2) is 0 Å². The Hall–Kier alpha value is -0.0900. The lowest BCUT2D eigenvalue weighted by molar-refractivity contribution is -0.135. The van der Waals surface area contributed by atoms with E-state index in [9.17, 15) is 4.79 Å². The molecular weight excluding hydrogens is 258 g/mol. The Labute approximate surface area is 100 Å². The molecule has 88 valence electrons. The third-order valence-corrected chi connectivity index (χ3v) is 3.01. The van der Waals surface area contributed by atoms with Gasteiger partial charge >= 0.3 is 0 Å². The molecule has 1 saturated heterocycles. The first kappa shape index (κ1) is 13.0. The van der Waals surface area contributed by atoms with Crippen molar-refractivity contribution in [3.05, 3.63) is 0 Å². The Morgan fingerprint density at radius 2 is 2.40 bits per heavy atom. The maximum atomic E-state index is 11.6. The Morgan fingerprint density at radius 1 is 1.60 bits per heavy atom. The average Bonchev–Trinajstić information content (AvgIpc) is 2.25. The number of alkyl halides is 1. The zero-order valence-corrected chi connectivity index (χ0v) is 10.9. The summed E-state index contributed by atoms with van der Waals surface area (Å²) >= 11 is 3.48. The lowest BCUT2D eigenvalue weighted by Crippen LogP contribution is -2.38. The van der Waals surface area contributed by atoms with Gasteiger partial charge in [-0.1, -0.05) is 22.9 Å². The van der Waals surface area contributed by atoms with Crippen molar-refractivity contribution in [3.63, 3.8) is 0 Å². The number of hydrogen-bond donors (Lipinski definition) is 1. The molecule has 1 amide bonds. The van der Waals surface area contributed by atoms with Gasteiger partial charge in [0.1, 0.15) is 6.10 Å². The standard InChI is InChI=1S/C11H20BrNO2/c1-9(12)5-4-7-13-11(14)10-6-2-3-8-15-10/h9-10H,2-8H2,1H3,(H,13,14). The van der Waals surface area contributed by atoms with Gasteiger partial charge in [0.15, 0.2) is 0 Å². The lowest BCUT2D eigenvalue weighted by Gasteiger charge is -2.21. The van der Waals surface area contributed by atoms with Crippen LogP contribution < -0.4 is 5.32 Å². The van der Waals surface area contributed by atoms with Crippen molar-refractivity contribution < 1.29 is 9.53 Å². The molecule has 0 radical (unpaired) electrons. The van der Waals surface area contributed by atoms with Gasteiger partial charge in [0.25, 0.3) is 0 Å². The number of halogens is 1. The van der Waals surface area contributed by atoms with E-state index >= 15 is 0 Å². The van der Waals surface area contributed by atoms with Gasteiger partial charge in [0.05, 0.1) is 0 Å².